The first-order valence-corrected chi connectivity index (χ1v) is 9.58. The Morgan fingerprint density at radius 2 is 2.08 bits per heavy atom. The molecule has 0 bridgehead atoms. The number of aromatic nitrogens is 1. The van der Waals surface area contributed by atoms with Crippen LogP contribution in [0.4, 0.5) is 5.13 Å². The Labute approximate surface area is 164 Å². The fourth-order valence-electron chi connectivity index (χ4n) is 2.28. The number of hydrogen-bond acceptors (Lipinski definition) is 6. The number of aryl methyl sites for hydroxylation is 1. The minimum Gasteiger partial charge on any atom is -0.496 e. The van der Waals surface area contributed by atoms with Gasteiger partial charge in [-0.2, -0.15) is 5.10 Å². The molecule has 0 aliphatic heterocycles. The number of hydrazone groups is 1. The number of rotatable bonds is 7. The van der Waals surface area contributed by atoms with Crippen LogP contribution in [-0.4, -0.2) is 18.3 Å². The molecule has 0 radical (unpaired) electrons. The standard InChI is InChI=1S/C19H18BrN3O2S/c1-13-12-26-19(22-13)23-21-10-14-7-8-17(24-2)15(9-14)11-25-18-6-4-3-5-16(18)20/h3-10,12H,11H2,1-2H3,(H,22,23). The van der Waals surface area contributed by atoms with Gasteiger partial charge in [0, 0.05) is 10.9 Å². The minimum atomic E-state index is 0.395. The lowest BCUT2D eigenvalue weighted by molar-refractivity contribution is 0.295. The highest BCUT2D eigenvalue weighted by atomic mass is 79.9. The average molecular weight is 432 g/mol. The number of thiazole rings is 1. The van der Waals surface area contributed by atoms with Gasteiger partial charge in [0.15, 0.2) is 0 Å². The van der Waals surface area contributed by atoms with E-state index < -0.39 is 0 Å². The maximum Gasteiger partial charge on any atom is 0.203 e. The van der Waals surface area contributed by atoms with Crippen LogP contribution in [0.15, 0.2) is 57.4 Å². The van der Waals surface area contributed by atoms with Gasteiger partial charge in [-0.1, -0.05) is 12.1 Å². The number of halogens is 1. The monoisotopic (exact) mass is 431 g/mol. The highest BCUT2D eigenvalue weighted by Gasteiger charge is 2.07. The molecule has 0 aliphatic carbocycles. The van der Waals surface area contributed by atoms with Crippen molar-refractivity contribution in [3.8, 4) is 11.5 Å². The summed E-state index contributed by atoms with van der Waals surface area (Å²) in [5, 5.41) is 6.98. The average Bonchev–Trinajstić information content (AvgIpc) is 3.06. The Kier molecular flexibility index (Phi) is 6.25. The zero-order chi connectivity index (χ0) is 18.4. The molecule has 3 aromatic rings. The zero-order valence-corrected chi connectivity index (χ0v) is 16.8. The molecule has 0 atom stereocenters. The van der Waals surface area contributed by atoms with Crippen molar-refractivity contribution in [2.75, 3.05) is 12.5 Å². The maximum absolute atomic E-state index is 5.90. The molecule has 0 saturated heterocycles. The molecule has 26 heavy (non-hydrogen) atoms. The molecule has 0 spiro atoms. The predicted molar refractivity (Wildman–Crippen MR) is 110 cm³/mol. The highest BCUT2D eigenvalue weighted by molar-refractivity contribution is 9.10. The third kappa shape index (κ3) is 4.83. The van der Waals surface area contributed by atoms with Gasteiger partial charge in [0.1, 0.15) is 18.1 Å². The Bertz CT molecular complexity index is 911. The second-order valence-corrected chi connectivity index (χ2v) is 7.17. The first-order chi connectivity index (χ1) is 12.7. The van der Waals surface area contributed by atoms with E-state index in [9.17, 15) is 0 Å². The SMILES string of the molecule is COc1ccc(C=NNc2nc(C)cs2)cc1COc1ccccc1Br. The molecule has 0 saturated carbocycles. The summed E-state index contributed by atoms with van der Waals surface area (Å²) in [6.45, 7) is 2.35. The van der Waals surface area contributed by atoms with Crippen molar-refractivity contribution in [1.82, 2.24) is 4.98 Å². The van der Waals surface area contributed by atoms with Crippen LogP contribution in [0.25, 0.3) is 0 Å². The van der Waals surface area contributed by atoms with Crippen molar-refractivity contribution < 1.29 is 9.47 Å². The van der Waals surface area contributed by atoms with Gasteiger partial charge in [0.05, 0.1) is 23.5 Å². The summed E-state index contributed by atoms with van der Waals surface area (Å²) in [4.78, 5) is 4.31. The van der Waals surface area contributed by atoms with Gasteiger partial charge in [0.2, 0.25) is 5.13 Å². The number of benzene rings is 2. The van der Waals surface area contributed by atoms with Gasteiger partial charge >= 0.3 is 0 Å². The van der Waals surface area contributed by atoms with Crippen LogP contribution in [0.2, 0.25) is 0 Å². The number of methoxy groups -OCH3 is 1. The molecule has 134 valence electrons. The van der Waals surface area contributed by atoms with Crippen molar-refractivity contribution in [3.05, 3.63) is 69.1 Å². The summed E-state index contributed by atoms with van der Waals surface area (Å²) in [6.07, 6.45) is 1.75. The molecule has 1 N–H and O–H groups in total. The van der Waals surface area contributed by atoms with E-state index in [2.05, 4.69) is 31.4 Å². The predicted octanol–water partition coefficient (Wildman–Crippen LogP) is 5.25. The smallest absolute Gasteiger partial charge is 0.203 e. The number of para-hydroxylation sites is 1. The normalized spacial score (nSPS) is 10.9. The van der Waals surface area contributed by atoms with Crippen molar-refractivity contribution in [3.63, 3.8) is 0 Å². The lowest BCUT2D eigenvalue weighted by atomic mass is 10.1. The number of nitrogens with one attached hydrogen (secondary N) is 1. The fourth-order valence-corrected chi connectivity index (χ4v) is 3.31. The quantitative estimate of drug-likeness (QED) is 0.410. The maximum atomic E-state index is 5.90. The molecule has 0 unspecified atom stereocenters. The van der Waals surface area contributed by atoms with E-state index >= 15 is 0 Å². The molecule has 5 nitrogen and oxygen atoms in total. The first-order valence-electron chi connectivity index (χ1n) is 7.91. The van der Waals surface area contributed by atoms with Crippen LogP contribution >= 0.6 is 27.3 Å². The molecular weight excluding hydrogens is 414 g/mol. The molecule has 1 aromatic heterocycles. The van der Waals surface area contributed by atoms with E-state index in [1.54, 1.807) is 13.3 Å². The Morgan fingerprint density at radius 3 is 2.81 bits per heavy atom. The van der Waals surface area contributed by atoms with Crippen molar-refractivity contribution in [2.45, 2.75) is 13.5 Å². The van der Waals surface area contributed by atoms with Crippen LogP contribution in [0.3, 0.4) is 0 Å². The van der Waals surface area contributed by atoms with Crippen LogP contribution in [-0.2, 0) is 6.61 Å². The lowest BCUT2D eigenvalue weighted by Crippen LogP contribution is -2.00. The second-order valence-electron chi connectivity index (χ2n) is 5.45. The zero-order valence-electron chi connectivity index (χ0n) is 14.4. The van der Waals surface area contributed by atoms with E-state index in [4.69, 9.17) is 9.47 Å². The van der Waals surface area contributed by atoms with E-state index in [1.165, 1.54) is 11.3 Å². The van der Waals surface area contributed by atoms with Gasteiger partial charge in [0.25, 0.3) is 0 Å². The summed E-state index contributed by atoms with van der Waals surface area (Å²) < 4.78 is 12.3. The molecule has 0 amide bonds. The van der Waals surface area contributed by atoms with E-state index in [0.29, 0.717) is 6.61 Å². The molecule has 3 rings (SSSR count). The third-order valence-electron chi connectivity index (χ3n) is 3.52. The van der Waals surface area contributed by atoms with Crippen molar-refractivity contribution >= 4 is 38.6 Å². The number of anilines is 1. The van der Waals surface area contributed by atoms with Gasteiger partial charge in [-0.15, -0.1) is 11.3 Å². The molecule has 1 heterocycles. The first kappa shape index (κ1) is 18.4. The third-order valence-corrected chi connectivity index (χ3v) is 5.04. The summed E-state index contributed by atoms with van der Waals surface area (Å²) in [5.41, 5.74) is 5.79. The minimum absolute atomic E-state index is 0.395. The second kappa shape index (κ2) is 8.82. The number of hydrogen-bond donors (Lipinski definition) is 1. The lowest BCUT2D eigenvalue weighted by Gasteiger charge is -2.12. The fraction of sp³-hybridized carbons (Fsp3) is 0.158. The van der Waals surface area contributed by atoms with Crippen molar-refractivity contribution in [2.24, 2.45) is 5.10 Å². The number of nitrogens with zero attached hydrogens (tertiary/aromatic N) is 2. The van der Waals surface area contributed by atoms with Gasteiger partial charge < -0.3 is 9.47 Å². The van der Waals surface area contributed by atoms with Crippen LogP contribution in [0.1, 0.15) is 16.8 Å². The summed E-state index contributed by atoms with van der Waals surface area (Å²) in [7, 11) is 1.65. The van der Waals surface area contributed by atoms with Crippen molar-refractivity contribution in [1.29, 1.82) is 0 Å². The van der Waals surface area contributed by atoms with E-state index in [0.717, 1.165) is 37.9 Å². The van der Waals surface area contributed by atoms with Gasteiger partial charge in [-0.3, -0.25) is 5.43 Å². The molecule has 0 fully saturated rings. The summed E-state index contributed by atoms with van der Waals surface area (Å²) in [6, 6.07) is 13.6. The van der Waals surface area contributed by atoms with Crippen LogP contribution in [0.5, 0.6) is 11.5 Å². The molecule has 0 aliphatic rings. The number of ether oxygens (including phenoxy) is 2. The molecular formula is C19H18BrN3O2S. The Balaban J connectivity index is 1.70. The van der Waals surface area contributed by atoms with E-state index in [1.807, 2.05) is 54.8 Å². The summed E-state index contributed by atoms with van der Waals surface area (Å²) >= 11 is 5.01. The Hall–Kier alpha value is -2.38. The molecule has 2 aromatic carbocycles. The molecule has 7 heteroatoms. The largest absolute Gasteiger partial charge is 0.496 e. The highest BCUT2D eigenvalue weighted by Crippen LogP contribution is 2.27. The van der Waals surface area contributed by atoms with Gasteiger partial charge in [-0.25, -0.2) is 4.98 Å². The topological polar surface area (TPSA) is 55.7 Å². The van der Waals surface area contributed by atoms with E-state index in [-0.39, 0.29) is 0 Å². The van der Waals surface area contributed by atoms with Gasteiger partial charge in [-0.05, 0) is 58.7 Å². The van der Waals surface area contributed by atoms with Crippen LogP contribution < -0.4 is 14.9 Å². The summed E-state index contributed by atoms with van der Waals surface area (Å²) in [5.74, 6) is 1.56. The van der Waals surface area contributed by atoms with Crippen LogP contribution in [0, 0.1) is 6.92 Å². The Morgan fingerprint density at radius 1 is 1.23 bits per heavy atom.